The number of nitrogens with zero attached hydrogens (tertiary/aromatic N) is 2. The summed E-state index contributed by atoms with van der Waals surface area (Å²) in [6, 6.07) is 18.7. The summed E-state index contributed by atoms with van der Waals surface area (Å²) < 4.78 is 17.9. The van der Waals surface area contributed by atoms with E-state index in [0.717, 1.165) is 11.1 Å². The Kier molecular flexibility index (Phi) is 5.87. The van der Waals surface area contributed by atoms with E-state index in [2.05, 4.69) is 4.98 Å². The molecule has 0 spiro atoms. The summed E-state index contributed by atoms with van der Waals surface area (Å²) in [4.78, 5) is 28.2. The SMILES string of the molecule is Nc1ccn(C2COC(COC(=O)c3ccccc3Cc3ccccc3)O2)c(=O)n1. The number of carbonyl (C=O) groups excluding carboxylic acids is 1. The molecule has 2 aromatic carbocycles. The van der Waals surface area contributed by atoms with Crippen molar-refractivity contribution in [2.45, 2.75) is 18.9 Å². The first kappa shape index (κ1) is 19.8. The van der Waals surface area contributed by atoms with Crippen LogP contribution < -0.4 is 11.4 Å². The molecule has 3 aromatic rings. The summed E-state index contributed by atoms with van der Waals surface area (Å²) in [5, 5.41) is 0. The van der Waals surface area contributed by atoms with Crippen LogP contribution in [-0.2, 0) is 20.6 Å². The van der Waals surface area contributed by atoms with Crippen LogP contribution in [0.3, 0.4) is 0 Å². The molecule has 8 nitrogen and oxygen atoms in total. The maximum Gasteiger partial charge on any atom is 0.351 e. The molecule has 0 amide bonds. The Morgan fingerprint density at radius 3 is 2.70 bits per heavy atom. The first-order valence-electron chi connectivity index (χ1n) is 9.51. The lowest BCUT2D eigenvalue weighted by Gasteiger charge is -2.14. The molecule has 4 rings (SSSR count). The second-order valence-electron chi connectivity index (χ2n) is 6.81. The largest absolute Gasteiger partial charge is 0.457 e. The lowest BCUT2D eigenvalue weighted by atomic mass is 10.00. The molecule has 1 aromatic heterocycles. The number of hydrogen-bond acceptors (Lipinski definition) is 7. The molecule has 0 saturated carbocycles. The van der Waals surface area contributed by atoms with Gasteiger partial charge < -0.3 is 19.9 Å². The Balaban J connectivity index is 1.37. The van der Waals surface area contributed by atoms with Crippen molar-refractivity contribution in [1.82, 2.24) is 9.55 Å². The number of aromatic nitrogens is 2. The zero-order valence-electron chi connectivity index (χ0n) is 16.1. The smallest absolute Gasteiger partial charge is 0.351 e. The van der Waals surface area contributed by atoms with Crippen LogP contribution in [0.1, 0.15) is 27.7 Å². The lowest BCUT2D eigenvalue weighted by molar-refractivity contribution is -0.103. The van der Waals surface area contributed by atoms with Crippen LogP contribution in [0.25, 0.3) is 0 Å². The molecule has 8 heteroatoms. The first-order chi connectivity index (χ1) is 14.6. The third-order valence-corrected chi connectivity index (χ3v) is 4.72. The van der Waals surface area contributed by atoms with Gasteiger partial charge in [0.05, 0.1) is 12.2 Å². The van der Waals surface area contributed by atoms with Crippen LogP contribution in [0.5, 0.6) is 0 Å². The van der Waals surface area contributed by atoms with Crippen LogP contribution in [0.4, 0.5) is 5.82 Å². The number of rotatable bonds is 6. The van der Waals surface area contributed by atoms with Crippen LogP contribution in [-0.4, -0.2) is 35.0 Å². The van der Waals surface area contributed by atoms with E-state index in [9.17, 15) is 9.59 Å². The number of hydrogen-bond donors (Lipinski definition) is 1. The summed E-state index contributed by atoms with van der Waals surface area (Å²) >= 11 is 0. The quantitative estimate of drug-likeness (QED) is 0.624. The van der Waals surface area contributed by atoms with E-state index in [1.807, 2.05) is 42.5 Å². The molecule has 2 atom stereocenters. The molecule has 1 saturated heterocycles. The molecule has 2 unspecified atom stereocenters. The van der Waals surface area contributed by atoms with E-state index < -0.39 is 24.2 Å². The van der Waals surface area contributed by atoms with Crippen LogP contribution in [0, 0.1) is 0 Å². The zero-order chi connectivity index (χ0) is 20.9. The Morgan fingerprint density at radius 2 is 1.90 bits per heavy atom. The normalized spacial score (nSPS) is 18.3. The van der Waals surface area contributed by atoms with Gasteiger partial charge in [-0.25, -0.2) is 9.59 Å². The third kappa shape index (κ3) is 4.56. The number of nitrogen functional groups attached to an aromatic ring is 1. The summed E-state index contributed by atoms with van der Waals surface area (Å²) in [6.07, 6.45) is 0.689. The van der Waals surface area contributed by atoms with Gasteiger partial charge in [0.2, 0.25) is 0 Å². The van der Waals surface area contributed by atoms with E-state index in [4.69, 9.17) is 19.9 Å². The van der Waals surface area contributed by atoms with Gasteiger partial charge >= 0.3 is 11.7 Å². The summed E-state index contributed by atoms with van der Waals surface area (Å²) in [7, 11) is 0. The molecule has 0 bridgehead atoms. The molecule has 0 aliphatic carbocycles. The second-order valence-corrected chi connectivity index (χ2v) is 6.81. The Bertz CT molecular complexity index is 1080. The molecule has 30 heavy (non-hydrogen) atoms. The molecule has 1 aliphatic rings. The zero-order valence-corrected chi connectivity index (χ0v) is 16.1. The molecule has 154 valence electrons. The average Bonchev–Trinajstić information content (AvgIpc) is 3.22. The highest BCUT2D eigenvalue weighted by molar-refractivity contribution is 5.91. The molecule has 1 aliphatic heterocycles. The van der Waals surface area contributed by atoms with Gasteiger partial charge in [-0.2, -0.15) is 4.98 Å². The van der Waals surface area contributed by atoms with Gasteiger partial charge in [-0.15, -0.1) is 0 Å². The van der Waals surface area contributed by atoms with Crippen LogP contribution >= 0.6 is 0 Å². The third-order valence-electron chi connectivity index (χ3n) is 4.72. The Morgan fingerprint density at radius 1 is 1.13 bits per heavy atom. The minimum Gasteiger partial charge on any atom is -0.457 e. The number of carbonyl (C=O) groups is 1. The van der Waals surface area contributed by atoms with E-state index in [1.54, 1.807) is 12.1 Å². The fraction of sp³-hybridized carbons (Fsp3) is 0.227. The average molecular weight is 407 g/mol. The van der Waals surface area contributed by atoms with Gasteiger partial charge in [-0.1, -0.05) is 48.5 Å². The summed E-state index contributed by atoms with van der Waals surface area (Å²) in [5.74, 6) is -0.321. The van der Waals surface area contributed by atoms with Gasteiger partial charge in [-0.3, -0.25) is 4.57 Å². The maximum atomic E-state index is 12.6. The molecule has 2 N–H and O–H groups in total. The van der Waals surface area contributed by atoms with Gasteiger partial charge in [0.25, 0.3) is 0 Å². The first-order valence-corrected chi connectivity index (χ1v) is 9.51. The molecule has 0 radical (unpaired) electrons. The van der Waals surface area contributed by atoms with Crippen molar-refractivity contribution in [1.29, 1.82) is 0 Å². The fourth-order valence-corrected chi connectivity index (χ4v) is 3.23. The van der Waals surface area contributed by atoms with Crippen molar-refractivity contribution < 1.29 is 19.0 Å². The molecule has 1 fully saturated rings. The number of esters is 1. The van der Waals surface area contributed by atoms with E-state index in [-0.39, 0.29) is 19.0 Å². The van der Waals surface area contributed by atoms with Crippen LogP contribution in [0.15, 0.2) is 71.7 Å². The van der Waals surface area contributed by atoms with Gasteiger partial charge in [0.1, 0.15) is 12.4 Å². The predicted octanol–water partition coefficient (Wildman–Crippen LogP) is 2.14. The number of ether oxygens (including phenoxy) is 3. The molecular weight excluding hydrogens is 386 g/mol. The van der Waals surface area contributed by atoms with Crippen molar-refractivity contribution in [2.75, 3.05) is 18.9 Å². The van der Waals surface area contributed by atoms with Gasteiger partial charge in [0, 0.05) is 6.20 Å². The minimum absolute atomic E-state index is 0.0911. The number of nitrogens with two attached hydrogens (primary N) is 1. The van der Waals surface area contributed by atoms with Crippen molar-refractivity contribution >= 4 is 11.8 Å². The highest BCUT2D eigenvalue weighted by Gasteiger charge is 2.29. The van der Waals surface area contributed by atoms with Crippen molar-refractivity contribution in [3.8, 4) is 0 Å². The minimum atomic E-state index is -0.773. The van der Waals surface area contributed by atoms with Crippen LogP contribution in [0.2, 0.25) is 0 Å². The van der Waals surface area contributed by atoms with E-state index in [0.29, 0.717) is 12.0 Å². The fourth-order valence-electron chi connectivity index (χ4n) is 3.23. The molecule has 2 heterocycles. The Labute approximate surface area is 172 Å². The van der Waals surface area contributed by atoms with Crippen molar-refractivity contribution in [3.63, 3.8) is 0 Å². The van der Waals surface area contributed by atoms with Gasteiger partial charge in [-0.05, 0) is 29.7 Å². The number of benzene rings is 2. The topological polar surface area (TPSA) is 106 Å². The van der Waals surface area contributed by atoms with E-state index >= 15 is 0 Å². The standard InChI is InChI=1S/C22H21N3O5/c23-18-10-11-25(22(27)24-18)19-13-28-20(30-19)14-29-21(26)17-9-5-4-8-16(17)12-15-6-2-1-3-7-15/h1-11,19-20H,12-14H2,(H2,23,24,27). The summed E-state index contributed by atoms with van der Waals surface area (Å²) in [5.41, 5.74) is 7.44. The van der Waals surface area contributed by atoms with Crippen molar-refractivity contribution in [3.05, 3.63) is 94.0 Å². The highest BCUT2D eigenvalue weighted by Crippen LogP contribution is 2.21. The Hall–Kier alpha value is -3.49. The lowest BCUT2D eigenvalue weighted by Crippen LogP contribution is -2.29. The monoisotopic (exact) mass is 407 g/mol. The van der Waals surface area contributed by atoms with Gasteiger partial charge in [0.15, 0.2) is 12.5 Å². The second kappa shape index (κ2) is 8.89. The molecular formula is C22H21N3O5. The predicted molar refractivity (Wildman–Crippen MR) is 109 cm³/mol. The summed E-state index contributed by atoms with van der Waals surface area (Å²) in [6.45, 7) is 0.0461. The number of anilines is 1. The maximum absolute atomic E-state index is 12.6. The van der Waals surface area contributed by atoms with E-state index in [1.165, 1.54) is 16.8 Å². The highest BCUT2D eigenvalue weighted by atomic mass is 16.7. The van der Waals surface area contributed by atoms with Crippen molar-refractivity contribution in [2.24, 2.45) is 0 Å².